The number of esters is 1. The topological polar surface area (TPSA) is 48.4 Å². The van der Waals surface area contributed by atoms with Gasteiger partial charge in [0.2, 0.25) is 0 Å². The van der Waals surface area contributed by atoms with Gasteiger partial charge in [-0.3, -0.25) is 9.78 Å². The minimum atomic E-state index is -4.53. The quantitative estimate of drug-likeness (QED) is 0.315. The van der Waals surface area contributed by atoms with Gasteiger partial charge in [0.05, 0.1) is 5.92 Å². The van der Waals surface area contributed by atoms with Crippen LogP contribution in [0.5, 0.6) is 5.75 Å². The van der Waals surface area contributed by atoms with Crippen molar-refractivity contribution in [2.24, 2.45) is 11.8 Å². The number of ether oxygens (including phenoxy) is 2. The first kappa shape index (κ1) is 25.5. The number of aryl methyl sites for hydroxylation is 2. The standard InChI is InChI=1S/C27H30F3NO3S/c1-5-17-8-10-19(20(6-2)31-17)24-13-16-7-9-18(14-23(16)35-24)33-21-11-12-22(25(21)27(28,29)30)34-26(32)15(3)4/h7-10,13-15,21-22,25H,5-6,11-12H2,1-4H3. The summed E-state index contributed by atoms with van der Waals surface area (Å²) in [6.45, 7) is 7.37. The largest absolute Gasteiger partial charge is 0.490 e. The molecule has 0 aliphatic heterocycles. The molecule has 8 heteroatoms. The molecule has 0 N–H and O–H groups in total. The monoisotopic (exact) mass is 505 g/mol. The van der Waals surface area contributed by atoms with E-state index in [1.165, 1.54) is 0 Å². The molecule has 0 bridgehead atoms. The number of carbonyl (C=O) groups is 1. The summed E-state index contributed by atoms with van der Waals surface area (Å²) in [4.78, 5) is 17.8. The normalized spacial score (nSPS) is 20.5. The fraction of sp³-hybridized carbons (Fsp3) is 0.481. The van der Waals surface area contributed by atoms with Crippen LogP contribution in [0.1, 0.15) is 51.9 Å². The average Bonchev–Trinajstić information content (AvgIpc) is 3.41. The average molecular weight is 506 g/mol. The highest BCUT2D eigenvalue weighted by atomic mass is 32.1. The highest BCUT2D eigenvalue weighted by Crippen LogP contribution is 2.44. The number of nitrogens with zero attached hydrogens (tertiary/aromatic N) is 1. The molecule has 4 rings (SSSR count). The molecule has 0 radical (unpaired) electrons. The molecule has 188 valence electrons. The van der Waals surface area contributed by atoms with Gasteiger partial charge in [0.15, 0.2) is 0 Å². The number of hydrogen-bond acceptors (Lipinski definition) is 5. The first-order valence-electron chi connectivity index (χ1n) is 12.1. The molecule has 2 aromatic heterocycles. The molecule has 0 amide bonds. The van der Waals surface area contributed by atoms with Crippen LogP contribution >= 0.6 is 11.3 Å². The van der Waals surface area contributed by atoms with E-state index in [1.807, 2.05) is 12.1 Å². The number of aromatic nitrogens is 1. The highest BCUT2D eigenvalue weighted by Gasteiger charge is 2.55. The molecule has 1 aliphatic rings. The molecule has 1 aromatic carbocycles. The molecule has 4 nitrogen and oxygen atoms in total. The van der Waals surface area contributed by atoms with Gasteiger partial charge in [-0.25, -0.2) is 0 Å². The predicted octanol–water partition coefficient (Wildman–Crippen LogP) is 7.38. The zero-order valence-corrected chi connectivity index (χ0v) is 21.1. The van der Waals surface area contributed by atoms with Crippen LogP contribution in [0.25, 0.3) is 20.5 Å². The lowest BCUT2D eigenvalue weighted by molar-refractivity contribution is -0.216. The van der Waals surface area contributed by atoms with Gasteiger partial charge in [0.25, 0.3) is 0 Å². The van der Waals surface area contributed by atoms with Crippen LogP contribution in [0.4, 0.5) is 13.2 Å². The Morgan fingerprint density at radius 2 is 1.83 bits per heavy atom. The fourth-order valence-electron chi connectivity index (χ4n) is 4.53. The molecular weight excluding hydrogens is 475 g/mol. The zero-order chi connectivity index (χ0) is 25.3. The summed E-state index contributed by atoms with van der Waals surface area (Å²) in [5.41, 5.74) is 3.17. The Balaban J connectivity index is 1.58. The number of hydrogen-bond donors (Lipinski definition) is 0. The van der Waals surface area contributed by atoms with Crippen molar-refractivity contribution < 1.29 is 27.4 Å². The third kappa shape index (κ3) is 5.47. The van der Waals surface area contributed by atoms with Crippen LogP contribution in [0.15, 0.2) is 36.4 Å². The van der Waals surface area contributed by atoms with Gasteiger partial charge in [0.1, 0.15) is 23.9 Å². The lowest BCUT2D eigenvalue weighted by Gasteiger charge is -2.27. The minimum absolute atomic E-state index is 0.124. The lowest BCUT2D eigenvalue weighted by atomic mass is 10.0. The zero-order valence-electron chi connectivity index (χ0n) is 20.3. The third-order valence-corrected chi connectivity index (χ3v) is 7.56. The van der Waals surface area contributed by atoms with Crippen LogP contribution < -0.4 is 4.74 Å². The van der Waals surface area contributed by atoms with Gasteiger partial charge >= 0.3 is 12.1 Å². The van der Waals surface area contributed by atoms with E-state index in [0.717, 1.165) is 44.8 Å². The van der Waals surface area contributed by atoms with Crippen LogP contribution in [0.2, 0.25) is 0 Å². The van der Waals surface area contributed by atoms with Gasteiger partial charge in [0, 0.05) is 26.5 Å². The van der Waals surface area contributed by atoms with E-state index in [0.29, 0.717) is 5.75 Å². The number of alkyl halides is 3. The summed E-state index contributed by atoms with van der Waals surface area (Å²) in [5, 5.41) is 1.00. The maximum absolute atomic E-state index is 13.9. The van der Waals surface area contributed by atoms with Crippen molar-refractivity contribution in [2.75, 3.05) is 0 Å². The molecule has 35 heavy (non-hydrogen) atoms. The smallest absolute Gasteiger partial charge is 0.398 e. The van der Waals surface area contributed by atoms with E-state index in [1.54, 1.807) is 37.3 Å². The molecule has 3 unspecified atom stereocenters. The Kier molecular flexibility index (Phi) is 7.40. The van der Waals surface area contributed by atoms with E-state index in [4.69, 9.17) is 14.5 Å². The summed E-state index contributed by atoms with van der Waals surface area (Å²) < 4.78 is 53.7. The molecule has 0 saturated heterocycles. The summed E-state index contributed by atoms with van der Waals surface area (Å²) in [7, 11) is 0. The van der Waals surface area contributed by atoms with Crippen molar-refractivity contribution in [3.05, 3.63) is 47.8 Å². The van der Waals surface area contributed by atoms with E-state index in [9.17, 15) is 18.0 Å². The minimum Gasteiger partial charge on any atom is -0.490 e. The van der Waals surface area contributed by atoms with Gasteiger partial charge in [-0.05, 0) is 67.5 Å². The summed E-state index contributed by atoms with van der Waals surface area (Å²) >= 11 is 1.57. The van der Waals surface area contributed by atoms with Gasteiger partial charge in [-0.1, -0.05) is 27.7 Å². The maximum Gasteiger partial charge on any atom is 0.398 e. The van der Waals surface area contributed by atoms with Crippen LogP contribution in [0.3, 0.4) is 0 Å². The van der Waals surface area contributed by atoms with Crippen LogP contribution in [0, 0.1) is 11.8 Å². The van der Waals surface area contributed by atoms with Crippen molar-refractivity contribution in [1.82, 2.24) is 4.98 Å². The first-order chi connectivity index (χ1) is 16.6. The number of halogens is 3. The Hall–Kier alpha value is -2.61. The van der Waals surface area contributed by atoms with Crippen molar-refractivity contribution >= 4 is 27.4 Å². The number of benzene rings is 1. The first-order valence-corrected chi connectivity index (χ1v) is 12.9. The predicted molar refractivity (Wildman–Crippen MR) is 132 cm³/mol. The van der Waals surface area contributed by atoms with E-state index >= 15 is 0 Å². The SMILES string of the molecule is CCc1ccc(-c2cc3ccc(OC4CCC(OC(=O)C(C)C)C4C(F)(F)F)cc3s2)c(CC)n1. The molecule has 3 aromatic rings. The Labute approximate surface area is 207 Å². The second-order valence-electron chi connectivity index (χ2n) is 9.25. The molecular formula is C27H30F3NO3S. The van der Waals surface area contributed by atoms with Crippen LogP contribution in [-0.4, -0.2) is 29.3 Å². The van der Waals surface area contributed by atoms with Crippen molar-refractivity contribution in [1.29, 1.82) is 0 Å². The maximum atomic E-state index is 13.9. The van der Waals surface area contributed by atoms with E-state index in [2.05, 4.69) is 26.0 Å². The van der Waals surface area contributed by atoms with Crippen molar-refractivity contribution in [3.63, 3.8) is 0 Å². The fourth-order valence-corrected chi connectivity index (χ4v) is 5.67. The van der Waals surface area contributed by atoms with Gasteiger partial charge in [-0.2, -0.15) is 13.2 Å². The van der Waals surface area contributed by atoms with Crippen LogP contribution in [-0.2, 0) is 22.4 Å². The molecule has 1 fully saturated rings. The second-order valence-corrected chi connectivity index (χ2v) is 10.3. The van der Waals surface area contributed by atoms with Crippen molar-refractivity contribution in [3.8, 4) is 16.2 Å². The Bertz CT molecular complexity index is 1200. The number of fused-ring (bicyclic) bond motifs is 1. The number of thiophene rings is 1. The molecule has 2 heterocycles. The molecule has 1 saturated carbocycles. The second kappa shape index (κ2) is 10.2. The molecule has 3 atom stereocenters. The number of carbonyl (C=O) groups excluding carboxylic acids is 1. The Morgan fingerprint density at radius 1 is 1.09 bits per heavy atom. The Morgan fingerprint density at radius 3 is 2.49 bits per heavy atom. The van der Waals surface area contributed by atoms with Crippen molar-refractivity contribution in [2.45, 2.75) is 71.8 Å². The summed E-state index contributed by atoms with van der Waals surface area (Å²) in [5.74, 6) is -2.57. The highest BCUT2D eigenvalue weighted by molar-refractivity contribution is 7.22. The number of pyridine rings is 1. The number of rotatable bonds is 7. The van der Waals surface area contributed by atoms with E-state index < -0.39 is 36.2 Å². The lowest BCUT2D eigenvalue weighted by Crippen LogP contribution is -2.41. The molecule has 0 spiro atoms. The van der Waals surface area contributed by atoms with Gasteiger partial charge in [-0.15, -0.1) is 11.3 Å². The summed E-state index contributed by atoms with van der Waals surface area (Å²) in [6.07, 6.45) is -4.88. The van der Waals surface area contributed by atoms with Gasteiger partial charge < -0.3 is 9.47 Å². The summed E-state index contributed by atoms with van der Waals surface area (Å²) in [6, 6.07) is 11.6. The molecule has 1 aliphatic carbocycles. The van der Waals surface area contributed by atoms with E-state index in [-0.39, 0.29) is 12.8 Å². The third-order valence-electron chi connectivity index (χ3n) is 6.43.